The molecule has 2 atom stereocenters. The van der Waals surface area contributed by atoms with Crippen LogP contribution in [-0.4, -0.2) is 50.6 Å². The standard InChI is InChI=1S/C26H33N7/c1-18(33-17-26(30-31-33)22-11-21(13-27-14-22)20-6-7-20)25-9-8-24(15-29-25)32-10-2-3-23(16-32)28-12-19-4-5-19/h8-9,11,13-15,17-20,23,28H,2-7,10,12,16H2,1H3. The Kier molecular flexibility index (Phi) is 5.58. The van der Waals surface area contributed by atoms with Gasteiger partial charge in [-0.15, -0.1) is 5.10 Å². The molecule has 0 amide bonds. The fraction of sp³-hybridized carbons (Fsp3) is 0.538. The van der Waals surface area contributed by atoms with Crippen molar-refractivity contribution in [2.45, 2.75) is 63.5 Å². The van der Waals surface area contributed by atoms with Crippen molar-refractivity contribution in [2.75, 3.05) is 24.5 Å². The topological polar surface area (TPSA) is 71.8 Å². The van der Waals surface area contributed by atoms with Gasteiger partial charge in [0.2, 0.25) is 0 Å². The highest BCUT2D eigenvalue weighted by molar-refractivity contribution is 5.57. The molecule has 2 aliphatic carbocycles. The van der Waals surface area contributed by atoms with Crippen molar-refractivity contribution in [2.24, 2.45) is 5.92 Å². The first-order valence-electron chi connectivity index (χ1n) is 12.5. The van der Waals surface area contributed by atoms with E-state index in [-0.39, 0.29) is 6.04 Å². The maximum absolute atomic E-state index is 4.80. The highest BCUT2D eigenvalue weighted by Gasteiger charge is 2.26. The molecular weight excluding hydrogens is 410 g/mol. The lowest BCUT2D eigenvalue weighted by molar-refractivity contribution is 0.416. The lowest BCUT2D eigenvalue weighted by Crippen LogP contribution is -2.46. The number of hydrogen-bond donors (Lipinski definition) is 1. The average molecular weight is 444 g/mol. The summed E-state index contributed by atoms with van der Waals surface area (Å²) in [5.41, 5.74) is 5.43. The molecule has 0 bridgehead atoms. The van der Waals surface area contributed by atoms with Crippen molar-refractivity contribution in [3.05, 3.63) is 54.2 Å². The molecule has 4 heterocycles. The second-order valence-electron chi connectivity index (χ2n) is 10.1. The van der Waals surface area contributed by atoms with E-state index in [1.165, 1.54) is 56.3 Å². The van der Waals surface area contributed by atoms with Gasteiger partial charge < -0.3 is 10.2 Å². The third-order valence-corrected chi connectivity index (χ3v) is 7.39. The molecule has 7 nitrogen and oxygen atoms in total. The molecule has 0 aromatic carbocycles. The highest BCUT2D eigenvalue weighted by Crippen LogP contribution is 2.40. The van der Waals surface area contributed by atoms with Crippen molar-refractivity contribution in [3.63, 3.8) is 0 Å². The first-order chi connectivity index (χ1) is 16.2. The Bertz CT molecular complexity index is 1080. The predicted molar refractivity (Wildman–Crippen MR) is 129 cm³/mol. The number of pyridine rings is 2. The summed E-state index contributed by atoms with van der Waals surface area (Å²) in [6.45, 7) is 5.49. The van der Waals surface area contributed by atoms with E-state index in [0.717, 1.165) is 36.0 Å². The van der Waals surface area contributed by atoms with Crippen LogP contribution in [-0.2, 0) is 0 Å². The van der Waals surface area contributed by atoms with E-state index < -0.39 is 0 Å². The van der Waals surface area contributed by atoms with E-state index >= 15 is 0 Å². The molecule has 2 unspecified atom stereocenters. The first kappa shape index (κ1) is 20.8. The Morgan fingerprint density at radius 2 is 2.00 bits per heavy atom. The van der Waals surface area contributed by atoms with Crippen LogP contribution in [0.2, 0.25) is 0 Å². The predicted octanol–water partition coefficient (Wildman–Crippen LogP) is 4.19. The first-order valence-corrected chi connectivity index (χ1v) is 12.5. The third kappa shape index (κ3) is 4.78. The number of nitrogens with zero attached hydrogens (tertiary/aromatic N) is 6. The van der Waals surface area contributed by atoms with Crippen molar-refractivity contribution in [1.82, 2.24) is 30.3 Å². The molecule has 1 N–H and O–H groups in total. The minimum atomic E-state index is 0.0224. The summed E-state index contributed by atoms with van der Waals surface area (Å²) in [6.07, 6.45) is 15.8. The molecule has 0 radical (unpaired) electrons. The lowest BCUT2D eigenvalue weighted by atomic mass is 10.0. The van der Waals surface area contributed by atoms with E-state index in [0.29, 0.717) is 12.0 Å². The van der Waals surface area contributed by atoms with Crippen LogP contribution in [0.25, 0.3) is 11.3 Å². The summed E-state index contributed by atoms with van der Waals surface area (Å²) in [7, 11) is 0. The van der Waals surface area contributed by atoms with Crippen molar-refractivity contribution in [3.8, 4) is 11.3 Å². The van der Waals surface area contributed by atoms with Crippen LogP contribution in [0.1, 0.15) is 68.7 Å². The minimum Gasteiger partial charge on any atom is -0.369 e. The molecule has 3 aromatic heterocycles. The quantitative estimate of drug-likeness (QED) is 0.563. The van der Waals surface area contributed by atoms with Crippen LogP contribution in [0.15, 0.2) is 43.0 Å². The Morgan fingerprint density at radius 1 is 1.09 bits per heavy atom. The smallest absolute Gasteiger partial charge is 0.114 e. The van der Waals surface area contributed by atoms with Crippen LogP contribution in [0, 0.1) is 5.92 Å². The third-order valence-electron chi connectivity index (χ3n) is 7.39. The summed E-state index contributed by atoms with van der Waals surface area (Å²) in [5.74, 6) is 1.61. The van der Waals surface area contributed by atoms with Gasteiger partial charge in [-0.2, -0.15) is 0 Å². The molecule has 1 aliphatic heterocycles. The van der Waals surface area contributed by atoms with E-state index in [9.17, 15) is 0 Å². The van der Waals surface area contributed by atoms with Crippen LogP contribution in [0.5, 0.6) is 0 Å². The number of nitrogens with one attached hydrogen (secondary N) is 1. The SMILES string of the molecule is CC(c1ccc(N2CCCC(NCC3CC3)C2)cn1)n1cc(-c2cncc(C3CC3)c2)nn1. The maximum atomic E-state index is 4.80. The Labute approximate surface area is 195 Å². The molecular formula is C26H33N7. The van der Waals surface area contributed by atoms with Gasteiger partial charge in [0.1, 0.15) is 5.69 Å². The maximum Gasteiger partial charge on any atom is 0.114 e. The van der Waals surface area contributed by atoms with E-state index in [1.54, 1.807) is 0 Å². The van der Waals surface area contributed by atoms with Crippen molar-refractivity contribution < 1.29 is 0 Å². The average Bonchev–Trinajstić information content (AvgIpc) is 3.81. The number of rotatable bonds is 8. The zero-order valence-corrected chi connectivity index (χ0v) is 19.4. The summed E-state index contributed by atoms with van der Waals surface area (Å²) in [4.78, 5) is 11.7. The molecule has 3 aliphatic rings. The van der Waals surface area contributed by atoms with E-state index in [4.69, 9.17) is 4.98 Å². The lowest BCUT2D eigenvalue weighted by Gasteiger charge is -2.35. The van der Waals surface area contributed by atoms with Gasteiger partial charge in [0, 0.05) is 37.1 Å². The number of anilines is 1. The van der Waals surface area contributed by atoms with Gasteiger partial charge in [-0.25, -0.2) is 4.68 Å². The second kappa shape index (κ2) is 8.86. The fourth-order valence-electron chi connectivity index (χ4n) is 4.84. The number of hydrogen-bond acceptors (Lipinski definition) is 6. The number of aromatic nitrogens is 5. The normalized spacial score (nSPS) is 21.8. The minimum absolute atomic E-state index is 0.0224. The monoisotopic (exact) mass is 443 g/mol. The second-order valence-corrected chi connectivity index (χ2v) is 10.1. The molecule has 33 heavy (non-hydrogen) atoms. The number of piperidine rings is 1. The van der Waals surface area contributed by atoms with Gasteiger partial charge in [-0.1, -0.05) is 5.21 Å². The zero-order chi connectivity index (χ0) is 22.2. The van der Waals surface area contributed by atoms with Gasteiger partial charge in [0.25, 0.3) is 0 Å². The Balaban J connectivity index is 1.11. The molecule has 2 saturated carbocycles. The van der Waals surface area contributed by atoms with Crippen LogP contribution in [0.3, 0.4) is 0 Å². The largest absolute Gasteiger partial charge is 0.369 e. The van der Waals surface area contributed by atoms with E-state index in [1.807, 2.05) is 29.5 Å². The summed E-state index contributed by atoms with van der Waals surface area (Å²) in [5, 5.41) is 12.6. The van der Waals surface area contributed by atoms with Gasteiger partial charge in [-0.05, 0) is 87.6 Å². The zero-order valence-electron chi connectivity index (χ0n) is 19.4. The molecule has 0 spiro atoms. The molecule has 6 rings (SSSR count). The van der Waals surface area contributed by atoms with Crippen molar-refractivity contribution in [1.29, 1.82) is 0 Å². The molecule has 7 heteroatoms. The van der Waals surface area contributed by atoms with Crippen molar-refractivity contribution >= 4 is 5.69 Å². The molecule has 172 valence electrons. The van der Waals surface area contributed by atoms with Gasteiger partial charge >= 0.3 is 0 Å². The Morgan fingerprint density at radius 3 is 2.79 bits per heavy atom. The van der Waals surface area contributed by atoms with Gasteiger partial charge in [-0.3, -0.25) is 9.97 Å². The molecule has 3 aromatic rings. The fourth-order valence-corrected chi connectivity index (χ4v) is 4.84. The molecule has 1 saturated heterocycles. The highest BCUT2D eigenvalue weighted by atomic mass is 15.4. The summed E-state index contributed by atoms with van der Waals surface area (Å²) >= 11 is 0. The summed E-state index contributed by atoms with van der Waals surface area (Å²) in [6, 6.07) is 7.18. The Hall–Kier alpha value is -2.80. The van der Waals surface area contributed by atoms with Crippen LogP contribution in [0.4, 0.5) is 5.69 Å². The summed E-state index contributed by atoms with van der Waals surface area (Å²) < 4.78 is 1.90. The molecule has 3 fully saturated rings. The van der Waals surface area contributed by atoms with E-state index in [2.05, 4.69) is 50.6 Å². The van der Waals surface area contributed by atoms with Gasteiger partial charge in [0.05, 0.1) is 29.8 Å². The van der Waals surface area contributed by atoms with Crippen LogP contribution < -0.4 is 10.2 Å². The van der Waals surface area contributed by atoms with Crippen LogP contribution >= 0.6 is 0 Å². The van der Waals surface area contributed by atoms with Gasteiger partial charge in [0.15, 0.2) is 0 Å².